The van der Waals surface area contributed by atoms with Crippen molar-refractivity contribution in [2.75, 3.05) is 13.1 Å². The molecule has 0 saturated heterocycles. The fraction of sp³-hybridized carbons (Fsp3) is 0.714. The molecule has 0 heterocycles. The molecule has 0 aliphatic rings. The van der Waals surface area contributed by atoms with E-state index in [0.29, 0.717) is 13.1 Å². The van der Waals surface area contributed by atoms with E-state index in [2.05, 4.69) is 35.9 Å². The zero-order valence-electron chi connectivity index (χ0n) is 7.25. The molecule has 76 valence electrons. The molecule has 0 aliphatic heterocycles. The molecule has 2 N–H and O–H groups in total. The molecule has 0 rings (SSSR count). The number of amides is 2. The molecule has 0 bridgehead atoms. The van der Waals surface area contributed by atoms with Crippen molar-refractivity contribution < 1.29 is 9.59 Å². The highest BCUT2D eigenvalue weighted by atomic mass is 32.1. The summed E-state index contributed by atoms with van der Waals surface area (Å²) in [4.78, 5) is 20.6. The zero-order chi connectivity index (χ0) is 10.1. The van der Waals surface area contributed by atoms with Crippen LogP contribution in [0.5, 0.6) is 0 Å². The lowest BCUT2D eigenvalue weighted by atomic mass is 10.2. The average molecular weight is 222 g/mol. The monoisotopic (exact) mass is 222 g/mol. The highest BCUT2D eigenvalue weighted by molar-refractivity contribution is 7.96. The second-order valence-corrected chi connectivity index (χ2v) is 3.34. The standard InChI is InChI=1S/C7H14N2O2S2/c10-6(12)8-4-2-1-3-5-9-7(11)13/h1-5H2,(H2,8,10,12)(H2,9,11,13). The molecule has 0 aromatic carbocycles. The molecule has 0 atom stereocenters. The average Bonchev–Trinajstić information content (AvgIpc) is 2.01. The van der Waals surface area contributed by atoms with E-state index < -0.39 is 0 Å². The molecule has 13 heavy (non-hydrogen) atoms. The van der Waals surface area contributed by atoms with Gasteiger partial charge in [-0.3, -0.25) is 9.59 Å². The van der Waals surface area contributed by atoms with Crippen LogP contribution in [0.3, 0.4) is 0 Å². The number of carbonyl (C=O) groups excluding carboxylic acids is 2. The molecule has 0 aromatic rings. The number of hydrogen-bond donors (Lipinski definition) is 4. The number of carbonyl (C=O) groups is 2. The third kappa shape index (κ3) is 11.6. The van der Waals surface area contributed by atoms with E-state index >= 15 is 0 Å². The van der Waals surface area contributed by atoms with Crippen molar-refractivity contribution in [1.29, 1.82) is 0 Å². The Morgan fingerprint density at radius 1 is 0.846 bits per heavy atom. The second-order valence-electron chi connectivity index (χ2n) is 2.52. The van der Waals surface area contributed by atoms with E-state index in [-0.39, 0.29) is 10.5 Å². The van der Waals surface area contributed by atoms with E-state index in [1.54, 1.807) is 0 Å². The van der Waals surface area contributed by atoms with Gasteiger partial charge in [-0.25, -0.2) is 0 Å². The third-order valence-electron chi connectivity index (χ3n) is 1.41. The molecular weight excluding hydrogens is 208 g/mol. The van der Waals surface area contributed by atoms with Crippen molar-refractivity contribution in [2.45, 2.75) is 19.3 Å². The summed E-state index contributed by atoms with van der Waals surface area (Å²) in [6.07, 6.45) is 2.76. The van der Waals surface area contributed by atoms with Crippen LogP contribution < -0.4 is 10.6 Å². The molecule has 0 saturated carbocycles. The molecule has 6 heteroatoms. The first kappa shape index (κ1) is 12.6. The van der Waals surface area contributed by atoms with Gasteiger partial charge >= 0.3 is 0 Å². The van der Waals surface area contributed by atoms with Gasteiger partial charge in [0.2, 0.25) is 0 Å². The number of unbranched alkanes of at least 4 members (excludes halogenated alkanes) is 2. The Labute approximate surface area is 88.7 Å². The molecule has 0 spiro atoms. The first-order chi connectivity index (χ1) is 6.13. The fourth-order valence-electron chi connectivity index (χ4n) is 0.817. The van der Waals surface area contributed by atoms with Gasteiger partial charge in [0.05, 0.1) is 0 Å². The maximum atomic E-state index is 10.3. The van der Waals surface area contributed by atoms with Crippen LogP contribution in [0.2, 0.25) is 0 Å². The fourth-order valence-corrected chi connectivity index (χ4v) is 1.04. The van der Waals surface area contributed by atoms with E-state index in [9.17, 15) is 9.59 Å². The van der Waals surface area contributed by atoms with Crippen LogP contribution in [0, 0.1) is 0 Å². The summed E-state index contributed by atoms with van der Waals surface area (Å²) in [6, 6.07) is 0. The Morgan fingerprint density at radius 3 is 1.54 bits per heavy atom. The third-order valence-corrected chi connectivity index (χ3v) is 1.72. The van der Waals surface area contributed by atoms with Crippen molar-refractivity contribution in [3.63, 3.8) is 0 Å². The molecule has 0 unspecified atom stereocenters. The van der Waals surface area contributed by atoms with Crippen molar-refractivity contribution in [3.8, 4) is 0 Å². The van der Waals surface area contributed by atoms with Crippen molar-refractivity contribution >= 4 is 35.7 Å². The molecule has 0 aromatic heterocycles. The number of thiol groups is 2. The second kappa shape index (κ2) is 8.25. The van der Waals surface area contributed by atoms with Crippen LogP contribution in [0.4, 0.5) is 9.59 Å². The maximum Gasteiger partial charge on any atom is 0.275 e. The lowest BCUT2D eigenvalue weighted by Gasteiger charge is -2.02. The van der Waals surface area contributed by atoms with E-state index in [4.69, 9.17) is 0 Å². The SMILES string of the molecule is O=C(S)NCCCCCNC(=O)S. The Morgan fingerprint density at radius 2 is 1.23 bits per heavy atom. The van der Waals surface area contributed by atoms with Gasteiger partial charge in [-0.2, -0.15) is 0 Å². The molecule has 0 aliphatic carbocycles. The van der Waals surface area contributed by atoms with Crippen LogP contribution in [-0.4, -0.2) is 23.6 Å². The number of rotatable bonds is 6. The highest BCUT2D eigenvalue weighted by Crippen LogP contribution is 1.93. The summed E-state index contributed by atoms with van der Waals surface area (Å²) in [7, 11) is 0. The van der Waals surface area contributed by atoms with Crippen molar-refractivity contribution in [1.82, 2.24) is 10.6 Å². The smallest absolute Gasteiger partial charge is 0.275 e. The first-order valence-corrected chi connectivity index (χ1v) is 4.96. The number of hydrogen-bond acceptors (Lipinski definition) is 2. The molecule has 2 amide bonds. The van der Waals surface area contributed by atoms with Crippen LogP contribution in [-0.2, 0) is 0 Å². The van der Waals surface area contributed by atoms with Crippen LogP contribution in [0.1, 0.15) is 19.3 Å². The molecule has 0 fully saturated rings. The van der Waals surface area contributed by atoms with Crippen LogP contribution in [0.15, 0.2) is 0 Å². The Bertz CT molecular complexity index is 158. The van der Waals surface area contributed by atoms with Gasteiger partial charge < -0.3 is 10.6 Å². The summed E-state index contributed by atoms with van der Waals surface area (Å²) in [5.41, 5.74) is 0. The van der Waals surface area contributed by atoms with Gasteiger partial charge in [0.1, 0.15) is 0 Å². The van der Waals surface area contributed by atoms with Crippen molar-refractivity contribution in [3.05, 3.63) is 0 Å². The maximum absolute atomic E-state index is 10.3. The summed E-state index contributed by atoms with van der Waals surface area (Å²) < 4.78 is 0. The topological polar surface area (TPSA) is 58.2 Å². The van der Waals surface area contributed by atoms with Crippen LogP contribution in [0.25, 0.3) is 0 Å². The Kier molecular flexibility index (Phi) is 8.02. The highest BCUT2D eigenvalue weighted by Gasteiger charge is 1.93. The predicted octanol–water partition coefficient (Wildman–Crippen LogP) is 1.44. The normalized spacial score (nSPS) is 9.38. The van der Waals surface area contributed by atoms with Crippen LogP contribution >= 0.6 is 25.3 Å². The van der Waals surface area contributed by atoms with Gasteiger partial charge in [-0.05, 0) is 19.3 Å². The zero-order valence-corrected chi connectivity index (χ0v) is 9.04. The molecule has 0 radical (unpaired) electrons. The summed E-state index contributed by atoms with van der Waals surface area (Å²) in [6.45, 7) is 1.27. The van der Waals surface area contributed by atoms with Gasteiger partial charge in [-0.15, -0.1) is 0 Å². The van der Waals surface area contributed by atoms with Crippen molar-refractivity contribution in [2.24, 2.45) is 0 Å². The van der Waals surface area contributed by atoms with Gasteiger partial charge in [0, 0.05) is 13.1 Å². The molecule has 4 nitrogen and oxygen atoms in total. The minimum atomic E-state index is -0.302. The summed E-state index contributed by atoms with van der Waals surface area (Å²) in [5.74, 6) is 0. The minimum Gasteiger partial charge on any atom is -0.347 e. The van der Waals surface area contributed by atoms with Gasteiger partial charge in [-0.1, -0.05) is 25.3 Å². The van der Waals surface area contributed by atoms with Gasteiger partial charge in [0.25, 0.3) is 10.5 Å². The number of nitrogens with one attached hydrogen (secondary N) is 2. The quantitative estimate of drug-likeness (QED) is 0.406. The van der Waals surface area contributed by atoms with E-state index in [0.717, 1.165) is 19.3 Å². The minimum absolute atomic E-state index is 0.302. The summed E-state index contributed by atoms with van der Waals surface area (Å²) in [5, 5.41) is 4.53. The van der Waals surface area contributed by atoms with E-state index in [1.165, 1.54) is 0 Å². The first-order valence-electron chi connectivity index (χ1n) is 4.06. The summed E-state index contributed by atoms with van der Waals surface area (Å²) >= 11 is 7.10. The largest absolute Gasteiger partial charge is 0.347 e. The van der Waals surface area contributed by atoms with Gasteiger partial charge in [0.15, 0.2) is 0 Å². The predicted molar refractivity (Wildman–Crippen MR) is 58.6 cm³/mol. The Balaban J connectivity index is 3.00. The Hall–Kier alpha value is -0.360. The lowest BCUT2D eigenvalue weighted by Crippen LogP contribution is -2.19. The lowest BCUT2D eigenvalue weighted by molar-refractivity contribution is 0.260. The molecular formula is C7H14N2O2S2. The van der Waals surface area contributed by atoms with E-state index in [1.807, 2.05) is 0 Å².